The first kappa shape index (κ1) is 15.0. The van der Waals surface area contributed by atoms with Gasteiger partial charge in [-0.25, -0.2) is 0 Å². The number of hydrogen-bond acceptors (Lipinski definition) is 4. The molecule has 2 fully saturated rings. The van der Waals surface area contributed by atoms with Crippen LogP contribution in [0.4, 0.5) is 0 Å². The maximum absolute atomic E-state index is 13.1. The molecular formula is C16H25N3OS. The molecule has 116 valence electrons. The van der Waals surface area contributed by atoms with Crippen LogP contribution in [0.5, 0.6) is 0 Å². The van der Waals surface area contributed by atoms with Crippen LogP contribution in [-0.4, -0.2) is 53.5 Å². The number of hydrogen-bond donors (Lipinski definition) is 1. The molecule has 1 saturated carbocycles. The molecule has 1 amide bonds. The van der Waals surface area contributed by atoms with Crippen molar-refractivity contribution in [1.29, 1.82) is 0 Å². The molecule has 21 heavy (non-hydrogen) atoms. The summed E-state index contributed by atoms with van der Waals surface area (Å²) in [5.41, 5.74) is -0.401. The van der Waals surface area contributed by atoms with Gasteiger partial charge in [-0.3, -0.25) is 9.69 Å². The summed E-state index contributed by atoms with van der Waals surface area (Å²) in [6.07, 6.45) is 2.32. The van der Waals surface area contributed by atoms with Gasteiger partial charge in [0.2, 0.25) is 5.91 Å². The van der Waals surface area contributed by atoms with Crippen LogP contribution < -0.4 is 5.32 Å². The van der Waals surface area contributed by atoms with Crippen molar-refractivity contribution in [2.24, 2.45) is 0 Å². The van der Waals surface area contributed by atoms with E-state index in [1.807, 2.05) is 0 Å². The highest BCUT2D eigenvalue weighted by Crippen LogP contribution is 2.32. The minimum atomic E-state index is -0.401. The average Bonchev–Trinajstić information content (AvgIpc) is 3.21. The molecule has 1 N–H and O–H groups in total. The number of carbonyl (C=O) groups excluding carboxylic acids is 1. The van der Waals surface area contributed by atoms with E-state index in [-0.39, 0.29) is 0 Å². The second kappa shape index (κ2) is 6.07. The summed E-state index contributed by atoms with van der Waals surface area (Å²) in [7, 11) is 0. The van der Waals surface area contributed by atoms with E-state index < -0.39 is 5.54 Å². The van der Waals surface area contributed by atoms with Gasteiger partial charge in [0, 0.05) is 37.1 Å². The Hall–Kier alpha value is -0.910. The first-order valence-electron chi connectivity index (χ1n) is 7.88. The van der Waals surface area contributed by atoms with Gasteiger partial charge in [-0.2, -0.15) is 0 Å². The zero-order chi connectivity index (χ0) is 14.9. The molecule has 1 saturated heterocycles. The quantitative estimate of drug-likeness (QED) is 0.903. The summed E-state index contributed by atoms with van der Waals surface area (Å²) in [5, 5.41) is 5.45. The lowest BCUT2D eigenvalue weighted by atomic mass is 9.99. The second-order valence-corrected chi connectivity index (χ2v) is 7.57. The maximum Gasteiger partial charge on any atom is 0.243 e. The fraction of sp³-hybridized carbons (Fsp3) is 0.688. The number of carbonyl (C=O) groups is 1. The average molecular weight is 307 g/mol. The third-order valence-electron chi connectivity index (χ3n) is 4.59. The van der Waals surface area contributed by atoms with Gasteiger partial charge in [0.25, 0.3) is 0 Å². The molecule has 3 rings (SSSR count). The van der Waals surface area contributed by atoms with Gasteiger partial charge < -0.3 is 10.2 Å². The number of nitrogens with zero attached hydrogens (tertiary/aromatic N) is 2. The summed E-state index contributed by atoms with van der Waals surface area (Å²) in [6, 6.07) is 4.66. The van der Waals surface area contributed by atoms with E-state index in [0.717, 1.165) is 45.6 Å². The van der Waals surface area contributed by atoms with E-state index in [1.165, 1.54) is 4.88 Å². The molecule has 4 nitrogen and oxygen atoms in total. The van der Waals surface area contributed by atoms with Crippen molar-refractivity contribution >= 4 is 17.2 Å². The van der Waals surface area contributed by atoms with Gasteiger partial charge in [-0.1, -0.05) is 6.07 Å². The SMILES string of the molecule is CC(C)(C(=O)N(Cc1cccs1)C1CC1)N1CCNCC1. The molecule has 0 atom stereocenters. The fourth-order valence-electron chi connectivity index (χ4n) is 3.03. The third-order valence-corrected chi connectivity index (χ3v) is 5.45. The first-order chi connectivity index (χ1) is 10.1. The Morgan fingerprint density at radius 3 is 2.71 bits per heavy atom. The second-order valence-electron chi connectivity index (χ2n) is 6.54. The Morgan fingerprint density at radius 2 is 2.14 bits per heavy atom. The van der Waals surface area contributed by atoms with Gasteiger partial charge >= 0.3 is 0 Å². The van der Waals surface area contributed by atoms with E-state index in [1.54, 1.807) is 11.3 Å². The minimum Gasteiger partial charge on any atom is -0.333 e. The van der Waals surface area contributed by atoms with E-state index in [2.05, 4.69) is 46.5 Å². The zero-order valence-corrected chi connectivity index (χ0v) is 13.8. The van der Waals surface area contributed by atoms with Crippen molar-refractivity contribution in [3.63, 3.8) is 0 Å². The summed E-state index contributed by atoms with van der Waals surface area (Å²) in [6.45, 7) is 8.81. The first-order valence-corrected chi connectivity index (χ1v) is 8.76. The molecule has 1 aliphatic carbocycles. The number of rotatable bonds is 5. The standard InChI is InChI=1S/C16H25N3OS/c1-16(2,18-9-7-17-8-10-18)15(20)19(13-5-6-13)12-14-4-3-11-21-14/h3-4,11,13,17H,5-10,12H2,1-2H3. The summed E-state index contributed by atoms with van der Waals surface area (Å²) in [4.78, 5) is 18.9. The smallest absolute Gasteiger partial charge is 0.243 e. The number of amides is 1. The summed E-state index contributed by atoms with van der Waals surface area (Å²) >= 11 is 1.74. The Bertz CT molecular complexity index is 476. The van der Waals surface area contributed by atoms with Crippen LogP contribution in [0.25, 0.3) is 0 Å². The lowest BCUT2D eigenvalue weighted by Crippen LogP contribution is -2.60. The Balaban J connectivity index is 1.73. The molecule has 1 aliphatic heterocycles. The normalized spacial score (nSPS) is 20.5. The molecule has 0 aromatic carbocycles. The van der Waals surface area contributed by atoms with Gasteiger partial charge in [0.05, 0.1) is 12.1 Å². The monoisotopic (exact) mass is 307 g/mol. The van der Waals surface area contributed by atoms with Crippen LogP contribution in [-0.2, 0) is 11.3 Å². The van der Waals surface area contributed by atoms with Gasteiger partial charge in [-0.15, -0.1) is 11.3 Å². The number of nitrogens with one attached hydrogen (secondary N) is 1. The third kappa shape index (κ3) is 3.30. The lowest BCUT2D eigenvalue weighted by molar-refractivity contribution is -0.144. The van der Waals surface area contributed by atoms with Crippen molar-refractivity contribution in [2.45, 2.75) is 44.8 Å². The van der Waals surface area contributed by atoms with Gasteiger partial charge in [-0.05, 0) is 38.1 Å². The molecule has 2 heterocycles. The highest BCUT2D eigenvalue weighted by atomic mass is 32.1. The molecule has 1 aromatic heterocycles. The molecule has 5 heteroatoms. The van der Waals surface area contributed by atoms with Gasteiger partial charge in [0.15, 0.2) is 0 Å². The van der Waals surface area contributed by atoms with Crippen LogP contribution in [0.15, 0.2) is 17.5 Å². The molecule has 2 aliphatic rings. The molecule has 1 aromatic rings. The predicted octanol–water partition coefficient (Wildman–Crippen LogP) is 1.92. The highest BCUT2D eigenvalue weighted by Gasteiger charge is 2.42. The van der Waals surface area contributed by atoms with E-state index in [0.29, 0.717) is 11.9 Å². The van der Waals surface area contributed by atoms with Crippen molar-refractivity contribution in [3.8, 4) is 0 Å². The minimum absolute atomic E-state index is 0.292. The predicted molar refractivity (Wildman–Crippen MR) is 86.4 cm³/mol. The Labute approximate surface area is 131 Å². The zero-order valence-electron chi connectivity index (χ0n) is 13.0. The Kier molecular flexibility index (Phi) is 4.33. The largest absolute Gasteiger partial charge is 0.333 e. The van der Waals surface area contributed by atoms with Crippen LogP contribution in [0, 0.1) is 0 Å². The van der Waals surface area contributed by atoms with Crippen molar-refractivity contribution in [3.05, 3.63) is 22.4 Å². The van der Waals surface area contributed by atoms with Crippen LogP contribution >= 0.6 is 11.3 Å². The molecule has 0 unspecified atom stereocenters. The van der Waals surface area contributed by atoms with Crippen molar-refractivity contribution in [1.82, 2.24) is 15.1 Å². The van der Waals surface area contributed by atoms with Crippen LogP contribution in [0.1, 0.15) is 31.6 Å². The van der Waals surface area contributed by atoms with Crippen molar-refractivity contribution in [2.75, 3.05) is 26.2 Å². The van der Waals surface area contributed by atoms with Crippen LogP contribution in [0.3, 0.4) is 0 Å². The molecule has 0 radical (unpaired) electrons. The van der Waals surface area contributed by atoms with Gasteiger partial charge in [0.1, 0.15) is 0 Å². The van der Waals surface area contributed by atoms with Crippen LogP contribution in [0.2, 0.25) is 0 Å². The lowest BCUT2D eigenvalue weighted by Gasteiger charge is -2.42. The maximum atomic E-state index is 13.1. The van der Waals surface area contributed by atoms with E-state index in [9.17, 15) is 4.79 Å². The number of thiophene rings is 1. The fourth-order valence-corrected chi connectivity index (χ4v) is 3.74. The number of piperazine rings is 1. The Morgan fingerprint density at radius 1 is 1.43 bits per heavy atom. The molecule has 0 spiro atoms. The van der Waals surface area contributed by atoms with Crippen molar-refractivity contribution < 1.29 is 4.79 Å². The van der Waals surface area contributed by atoms with E-state index >= 15 is 0 Å². The summed E-state index contributed by atoms with van der Waals surface area (Å²) < 4.78 is 0. The molecule has 0 bridgehead atoms. The summed E-state index contributed by atoms with van der Waals surface area (Å²) in [5.74, 6) is 0.292. The topological polar surface area (TPSA) is 35.6 Å². The van der Waals surface area contributed by atoms with E-state index in [4.69, 9.17) is 0 Å². The molecular weight excluding hydrogens is 282 g/mol. The highest BCUT2D eigenvalue weighted by molar-refractivity contribution is 7.09.